The topological polar surface area (TPSA) is 12.0 Å². The lowest BCUT2D eigenvalue weighted by atomic mass is 9.86. The van der Waals surface area contributed by atoms with Crippen molar-refractivity contribution in [2.45, 2.75) is 26.7 Å². The van der Waals surface area contributed by atoms with Crippen LogP contribution < -0.4 is 5.32 Å². The molecule has 1 aliphatic heterocycles. The van der Waals surface area contributed by atoms with Gasteiger partial charge in [-0.05, 0) is 49.6 Å². The van der Waals surface area contributed by atoms with Crippen molar-refractivity contribution in [2.24, 2.45) is 23.7 Å². The lowest BCUT2D eigenvalue weighted by Gasteiger charge is -2.24. The molecule has 0 aromatic rings. The number of fused-ring (bicyclic) bond motifs is 2. The molecule has 3 unspecified atom stereocenters. The molecule has 2 aliphatic rings. The molecule has 1 heteroatoms. The molecule has 0 radical (unpaired) electrons. The molecule has 1 saturated carbocycles. The van der Waals surface area contributed by atoms with Gasteiger partial charge in [0.1, 0.15) is 0 Å². The smallest absolute Gasteiger partial charge is 0.00175 e. The molecular weight excluding hydrogens is 134 g/mol. The van der Waals surface area contributed by atoms with E-state index in [2.05, 4.69) is 19.2 Å². The number of nitrogens with one attached hydrogen (secondary N) is 1. The van der Waals surface area contributed by atoms with E-state index < -0.39 is 0 Å². The van der Waals surface area contributed by atoms with Crippen molar-refractivity contribution in [3.63, 3.8) is 0 Å². The predicted octanol–water partition coefficient (Wildman–Crippen LogP) is 1.89. The van der Waals surface area contributed by atoms with E-state index in [-0.39, 0.29) is 0 Å². The Kier molecular flexibility index (Phi) is 1.92. The van der Waals surface area contributed by atoms with Crippen molar-refractivity contribution >= 4 is 0 Å². The van der Waals surface area contributed by atoms with Gasteiger partial charge in [-0.1, -0.05) is 13.8 Å². The monoisotopic (exact) mass is 153 g/mol. The molecule has 2 fully saturated rings. The number of piperidine rings is 1. The molecule has 1 N–H and O–H groups in total. The summed E-state index contributed by atoms with van der Waals surface area (Å²) in [6, 6.07) is 0. The standard InChI is InChI=1S/C10H19N/c1-7(2)10-4-8-3-9(10)6-11-5-8/h7-11H,3-6H2,1-2H3. The second kappa shape index (κ2) is 2.78. The van der Waals surface area contributed by atoms with Crippen LogP contribution in [-0.4, -0.2) is 13.1 Å². The number of hydrogen-bond acceptors (Lipinski definition) is 1. The van der Waals surface area contributed by atoms with Crippen LogP contribution in [0.2, 0.25) is 0 Å². The van der Waals surface area contributed by atoms with Gasteiger partial charge in [-0.25, -0.2) is 0 Å². The average molecular weight is 153 g/mol. The van der Waals surface area contributed by atoms with Gasteiger partial charge in [0.15, 0.2) is 0 Å². The molecule has 64 valence electrons. The third-order valence-corrected chi connectivity index (χ3v) is 3.54. The maximum atomic E-state index is 3.53. The fourth-order valence-corrected chi connectivity index (χ4v) is 2.97. The minimum atomic E-state index is 0.907. The SMILES string of the molecule is CC(C)C1CC2CNCC1C2. The van der Waals surface area contributed by atoms with Gasteiger partial charge in [-0.15, -0.1) is 0 Å². The van der Waals surface area contributed by atoms with Crippen molar-refractivity contribution < 1.29 is 0 Å². The Balaban J connectivity index is 2.03. The number of hydrogen-bond donors (Lipinski definition) is 1. The molecule has 0 spiro atoms. The van der Waals surface area contributed by atoms with Crippen molar-refractivity contribution in [3.05, 3.63) is 0 Å². The van der Waals surface area contributed by atoms with E-state index in [1.807, 2.05) is 0 Å². The first kappa shape index (κ1) is 7.60. The van der Waals surface area contributed by atoms with E-state index in [4.69, 9.17) is 0 Å². The number of rotatable bonds is 1. The Hall–Kier alpha value is -0.0400. The van der Waals surface area contributed by atoms with Crippen molar-refractivity contribution in [1.82, 2.24) is 5.32 Å². The molecule has 2 bridgehead atoms. The summed E-state index contributed by atoms with van der Waals surface area (Å²) >= 11 is 0. The van der Waals surface area contributed by atoms with Crippen LogP contribution in [0, 0.1) is 23.7 Å². The summed E-state index contributed by atoms with van der Waals surface area (Å²) in [6.07, 6.45) is 3.01. The molecule has 0 aromatic heterocycles. The first-order valence-corrected chi connectivity index (χ1v) is 4.98. The quantitative estimate of drug-likeness (QED) is 0.606. The molecule has 11 heavy (non-hydrogen) atoms. The normalized spacial score (nSPS) is 43.4. The summed E-state index contributed by atoms with van der Waals surface area (Å²) < 4.78 is 0. The molecule has 3 atom stereocenters. The predicted molar refractivity (Wildman–Crippen MR) is 47.4 cm³/mol. The highest BCUT2D eigenvalue weighted by atomic mass is 14.9. The zero-order chi connectivity index (χ0) is 7.84. The molecule has 2 rings (SSSR count). The maximum Gasteiger partial charge on any atom is -0.00175 e. The van der Waals surface area contributed by atoms with Crippen LogP contribution in [0.5, 0.6) is 0 Å². The highest BCUT2D eigenvalue weighted by molar-refractivity contribution is 4.90. The van der Waals surface area contributed by atoms with Crippen LogP contribution in [0.15, 0.2) is 0 Å². The van der Waals surface area contributed by atoms with Crippen molar-refractivity contribution in [3.8, 4) is 0 Å². The van der Waals surface area contributed by atoms with Gasteiger partial charge in [0.05, 0.1) is 0 Å². The molecule has 0 amide bonds. The summed E-state index contributed by atoms with van der Waals surface area (Å²) in [5.41, 5.74) is 0. The van der Waals surface area contributed by atoms with Gasteiger partial charge in [0, 0.05) is 0 Å². The van der Waals surface area contributed by atoms with E-state index in [0.717, 1.165) is 23.7 Å². The minimum absolute atomic E-state index is 0.907. The fourth-order valence-electron chi connectivity index (χ4n) is 2.97. The van der Waals surface area contributed by atoms with Gasteiger partial charge in [-0.2, -0.15) is 0 Å². The second-order valence-electron chi connectivity index (χ2n) is 4.66. The van der Waals surface area contributed by atoms with Crippen LogP contribution in [0.4, 0.5) is 0 Å². The maximum absolute atomic E-state index is 3.53. The third-order valence-electron chi connectivity index (χ3n) is 3.54. The van der Waals surface area contributed by atoms with Crippen molar-refractivity contribution in [2.75, 3.05) is 13.1 Å². The average Bonchev–Trinajstić information content (AvgIpc) is 2.27. The van der Waals surface area contributed by atoms with Crippen molar-refractivity contribution in [1.29, 1.82) is 0 Å². The second-order valence-corrected chi connectivity index (χ2v) is 4.66. The third kappa shape index (κ3) is 1.31. The zero-order valence-electron chi connectivity index (χ0n) is 7.64. The van der Waals surface area contributed by atoms with E-state index >= 15 is 0 Å². The molecule has 1 aliphatic carbocycles. The Morgan fingerprint density at radius 1 is 1.18 bits per heavy atom. The Bertz CT molecular complexity index is 142. The lowest BCUT2D eigenvalue weighted by molar-refractivity contribution is 0.286. The first-order chi connectivity index (χ1) is 5.27. The molecule has 1 heterocycles. The highest BCUT2D eigenvalue weighted by Gasteiger charge is 2.37. The largest absolute Gasteiger partial charge is 0.316 e. The summed E-state index contributed by atoms with van der Waals surface area (Å²) in [6.45, 7) is 7.34. The van der Waals surface area contributed by atoms with E-state index in [0.29, 0.717) is 0 Å². The van der Waals surface area contributed by atoms with Gasteiger partial charge in [0.25, 0.3) is 0 Å². The van der Waals surface area contributed by atoms with Gasteiger partial charge >= 0.3 is 0 Å². The van der Waals surface area contributed by atoms with Crippen LogP contribution in [0.1, 0.15) is 26.7 Å². The van der Waals surface area contributed by atoms with Gasteiger partial charge in [0.2, 0.25) is 0 Å². The Labute approximate surface area is 69.6 Å². The summed E-state index contributed by atoms with van der Waals surface area (Å²) in [7, 11) is 0. The summed E-state index contributed by atoms with van der Waals surface area (Å²) in [5, 5.41) is 3.53. The molecule has 0 aromatic carbocycles. The van der Waals surface area contributed by atoms with Crippen LogP contribution in [0.25, 0.3) is 0 Å². The molecule has 1 nitrogen and oxygen atoms in total. The molecule has 1 saturated heterocycles. The highest BCUT2D eigenvalue weighted by Crippen LogP contribution is 2.41. The van der Waals surface area contributed by atoms with E-state index in [9.17, 15) is 0 Å². The molecular formula is C10H19N. The first-order valence-electron chi connectivity index (χ1n) is 4.98. The zero-order valence-corrected chi connectivity index (χ0v) is 7.64. The fraction of sp³-hybridized carbons (Fsp3) is 1.00. The van der Waals surface area contributed by atoms with Crippen LogP contribution >= 0.6 is 0 Å². The van der Waals surface area contributed by atoms with Crippen LogP contribution in [0.3, 0.4) is 0 Å². The summed E-state index contributed by atoms with van der Waals surface area (Å²) in [4.78, 5) is 0. The Morgan fingerprint density at radius 3 is 2.64 bits per heavy atom. The van der Waals surface area contributed by atoms with Gasteiger partial charge < -0.3 is 5.32 Å². The van der Waals surface area contributed by atoms with Gasteiger partial charge in [-0.3, -0.25) is 0 Å². The van der Waals surface area contributed by atoms with E-state index in [1.54, 1.807) is 0 Å². The Morgan fingerprint density at radius 2 is 2.00 bits per heavy atom. The minimum Gasteiger partial charge on any atom is -0.316 e. The van der Waals surface area contributed by atoms with Crippen LogP contribution in [-0.2, 0) is 0 Å². The summed E-state index contributed by atoms with van der Waals surface area (Å²) in [5.74, 6) is 3.95. The lowest BCUT2D eigenvalue weighted by Crippen LogP contribution is -2.32. The van der Waals surface area contributed by atoms with E-state index in [1.165, 1.54) is 25.9 Å².